The number of amides is 2. The lowest BCUT2D eigenvalue weighted by atomic mass is 9.79. The molecule has 0 bridgehead atoms. The zero-order valence-electron chi connectivity index (χ0n) is 20.9. The van der Waals surface area contributed by atoms with Crippen LogP contribution >= 0.6 is 0 Å². The molecule has 1 aliphatic heterocycles. The quantitative estimate of drug-likeness (QED) is 0.570. The van der Waals surface area contributed by atoms with Crippen molar-refractivity contribution in [3.8, 4) is 0 Å². The van der Waals surface area contributed by atoms with E-state index in [1.807, 2.05) is 25.1 Å². The lowest BCUT2D eigenvalue weighted by molar-refractivity contribution is -0.120. The van der Waals surface area contributed by atoms with Gasteiger partial charge in [-0.2, -0.15) is 0 Å². The first-order valence-corrected chi connectivity index (χ1v) is 13.6. The molecule has 1 aliphatic rings. The van der Waals surface area contributed by atoms with Gasteiger partial charge in [0.2, 0.25) is 15.9 Å². The summed E-state index contributed by atoms with van der Waals surface area (Å²) in [5.41, 5.74) is 1.81. The van der Waals surface area contributed by atoms with Crippen molar-refractivity contribution >= 4 is 27.5 Å². The first kappa shape index (κ1) is 26.7. The van der Waals surface area contributed by atoms with Gasteiger partial charge in [-0.25, -0.2) is 8.42 Å². The third kappa shape index (κ3) is 7.29. The Morgan fingerprint density at radius 3 is 2.23 bits per heavy atom. The summed E-state index contributed by atoms with van der Waals surface area (Å²) in [5, 5.41) is 2.93. The van der Waals surface area contributed by atoms with Crippen LogP contribution in [0.1, 0.15) is 43.1 Å². The van der Waals surface area contributed by atoms with Crippen LogP contribution in [0.5, 0.6) is 0 Å². The maximum atomic E-state index is 12.8. The van der Waals surface area contributed by atoms with Crippen LogP contribution in [0.15, 0.2) is 54.6 Å². The number of carbonyl (C=O) groups excluding carboxylic acids is 2. The van der Waals surface area contributed by atoms with Crippen LogP contribution in [0, 0.1) is 0 Å². The molecule has 190 valence electrons. The molecule has 1 saturated heterocycles. The highest BCUT2D eigenvalue weighted by Crippen LogP contribution is 2.28. The second-order valence-corrected chi connectivity index (χ2v) is 11.6. The average Bonchev–Trinajstić information content (AvgIpc) is 2.82. The molecular weight excluding hydrogens is 466 g/mol. The Morgan fingerprint density at radius 2 is 1.66 bits per heavy atom. The van der Waals surface area contributed by atoms with Crippen molar-refractivity contribution in [2.24, 2.45) is 0 Å². The minimum atomic E-state index is -3.72. The van der Waals surface area contributed by atoms with Gasteiger partial charge in [0.15, 0.2) is 0 Å². The third-order valence-corrected chi connectivity index (χ3v) is 7.31. The topological polar surface area (TPSA) is 96.0 Å². The van der Waals surface area contributed by atoms with Crippen molar-refractivity contribution < 1.29 is 22.7 Å². The van der Waals surface area contributed by atoms with Crippen LogP contribution in [0.25, 0.3) is 0 Å². The number of sulfonamides is 1. The summed E-state index contributed by atoms with van der Waals surface area (Å²) in [6.07, 6.45) is 1.76. The Kier molecular flexibility index (Phi) is 8.56. The van der Waals surface area contributed by atoms with E-state index in [0.717, 1.165) is 10.6 Å². The zero-order valence-corrected chi connectivity index (χ0v) is 21.7. The molecule has 1 atom stereocenters. The van der Waals surface area contributed by atoms with E-state index >= 15 is 0 Å². The summed E-state index contributed by atoms with van der Waals surface area (Å²) in [4.78, 5) is 27.2. The standard InChI is InChI=1S/C26H35N3O5S/c1-20(18-26(2,3)22-8-6-5-7-9-22)27-24(30)19-29(35(4,32)33)23-12-10-21(11-13-23)25(31)28-14-16-34-17-15-28/h5-13,20H,14-19H2,1-4H3,(H,27,30). The molecule has 1 heterocycles. The summed E-state index contributed by atoms with van der Waals surface area (Å²) in [7, 11) is -3.72. The van der Waals surface area contributed by atoms with Crippen molar-refractivity contribution in [1.29, 1.82) is 0 Å². The number of nitrogens with one attached hydrogen (secondary N) is 1. The van der Waals surface area contributed by atoms with Crippen molar-refractivity contribution in [2.45, 2.75) is 38.6 Å². The summed E-state index contributed by atoms with van der Waals surface area (Å²) in [6, 6.07) is 16.2. The summed E-state index contributed by atoms with van der Waals surface area (Å²) < 4.78 is 31.3. The highest BCUT2D eigenvalue weighted by molar-refractivity contribution is 7.92. The first-order chi connectivity index (χ1) is 16.5. The van der Waals surface area contributed by atoms with E-state index in [0.29, 0.717) is 44.0 Å². The fourth-order valence-electron chi connectivity index (χ4n) is 4.39. The number of carbonyl (C=O) groups is 2. The summed E-state index contributed by atoms with van der Waals surface area (Å²) >= 11 is 0. The van der Waals surface area contributed by atoms with Gasteiger partial charge in [0.25, 0.3) is 5.91 Å². The van der Waals surface area contributed by atoms with Gasteiger partial charge < -0.3 is 15.0 Å². The Labute approximate surface area is 208 Å². The minimum Gasteiger partial charge on any atom is -0.378 e. The van der Waals surface area contributed by atoms with Crippen LogP contribution < -0.4 is 9.62 Å². The predicted molar refractivity (Wildman–Crippen MR) is 137 cm³/mol. The number of hydrogen-bond donors (Lipinski definition) is 1. The van der Waals surface area contributed by atoms with Crippen LogP contribution in [0.3, 0.4) is 0 Å². The van der Waals surface area contributed by atoms with Crippen molar-refractivity contribution in [3.05, 3.63) is 65.7 Å². The highest BCUT2D eigenvalue weighted by Gasteiger charge is 2.26. The average molecular weight is 502 g/mol. The van der Waals surface area contributed by atoms with Gasteiger partial charge in [0, 0.05) is 24.7 Å². The smallest absolute Gasteiger partial charge is 0.254 e. The lowest BCUT2D eigenvalue weighted by Gasteiger charge is -2.30. The Balaban J connectivity index is 1.65. The molecule has 1 fully saturated rings. The zero-order chi connectivity index (χ0) is 25.6. The normalized spacial score (nSPS) is 15.4. The lowest BCUT2D eigenvalue weighted by Crippen LogP contribution is -2.44. The Morgan fingerprint density at radius 1 is 1.06 bits per heavy atom. The van der Waals surface area contributed by atoms with E-state index in [4.69, 9.17) is 4.74 Å². The number of benzene rings is 2. The molecule has 8 nitrogen and oxygen atoms in total. The van der Waals surface area contributed by atoms with Crippen LogP contribution in [-0.2, 0) is 25.0 Å². The molecular formula is C26H35N3O5S. The Hall–Kier alpha value is -2.91. The van der Waals surface area contributed by atoms with Gasteiger partial charge in [0.1, 0.15) is 6.54 Å². The predicted octanol–water partition coefficient (Wildman–Crippen LogP) is 2.80. The monoisotopic (exact) mass is 501 g/mol. The van der Waals surface area contributed by atoms with E-state index < -0.39 is 10.0 Å². The molecule has 0 radical (unpaired) electrons. The van der Waals surface area contributed by atoms with E-state index in [9.17, 15) is 18.0 Å². The van der Waals surface area contributed by atoms with Crippen LogP contribution in [0.2, 0.25) is 0 Å². The van der Waals surface area contributed by atoms with Gasteiger partial charge in [0.05, 0.1) is 25.2 Å². The number of hydrogen-bond acceptors (Lipinski definition) is 5. The molecule has 9 heteroatoms. The van der Waals surface area contributed by atoms with Gasteiger partial charge in [-0.3, -0.25) is 13.9 Å². The largest absolute Gasteiger partial charge is 0.378 e. The van der Waals surface area contributed by atoms with E-state index in [1.54, 1.807) is 29.2 Å². The second kappa shape index (κ2) is 11.2. The van der Waals surface area contributed by atoms with Crippen molar-refractivity contribution in [3.63, 3.8) is 0 Å². The van der Waals surface area contributed by atoms with Gasteiger partial charge >= 0.3 is 0 Å². The van der Waals surface area contributed by atoms with Gasteiger partial charge in [-0.05, 0) is 48.6 Å². The van der Waals surface area contributed by atoms with Crippen LogP contribution in [-0.4, -0.2) is 70.3 Å². The minimum absolute atomic E-state index is 0.127. The molecule has 1 N–H and O–H groups in total. The molecule has 0 spiro atoms. The maximum absolute atomic E-state index is 12.8. The molecule has 35 heavy (non-hydrogen) atoms. The molecule has 0 saturated carbocycles. The van der Waals surface area contributed by atoms with Gasteiger partial charge in [-0.15, -0.1) is 0 Å². The molecule has 3 rings (SSSR count). The first-order valence-electron chi connectivity index (χ1n) is 11.8. The molecule has 0 aromatic heterocycles. The summed E-state index contributed by atoms with van der Waals surface area (Å²) in [6.45, 7) is 7.86. The molecule has 2 amide bonds. The summed E-state index contributed by atoms with van der Waals surface area (Å²) in [5.74, 6) is -0.515. The number of morpholine rings is 1. The van der Waals surface area contributed by atoms with E-state index in [-0.39, 0.29) is 29.8 Å². The number of ether oxygens (including phenoxy) is 1. The Bertz CT molecular complexity index is 1110. The fraction of sp³-hybridized carbons (Fsp3) is 0.462. The SMILES string of the molecule is CC(CC(C)(C)c1ccccc1)NC(=O)CN(c1ccc(C(=O)N2CCOCC2)cc1)S(C)(=O)=O. The van der Waals surface area contributed by atoms with E-state index in [2.05, 4.69) is 31.3 Å². The number of nitrogens with zero attached hydrogens (tertiary/aromatic N) is 2. The van der Waals surface area contributed by atoms with E-state index in [1.165, 1.54) is 5.56 Å². The van der Waals surface area contributed by atoms with Crippen molar-refractivity contribution in [1.82, 2.24) is 10.2 Å². The molecule has 1 unspecified atom stereocenters. The molecule has 2 aromatic rings. The third-order valence-electron chi connectivity index (χ3n) is 6.17. The maximum Gasteiger partial charge on any atom is 0.254 e. The molecule has 2 aromatic carbocycles. The number of rotatable bonds is 9. The highest BCUT2D eigenvalue weighted by atomic mass is 32.2. The number of anilines is 1. The van der Waals surface area contributed by atoms with Crippen molar-refractivity contribution in [2.75, 3.05) is 43.4 Å². The second-order valence-electron chi connectivity index (χ2n) is 9.64. The fourth-order valence-corrected chi connectivity index (χ4v) is 5.25. The van der Waals surface area contributed by atoms with Crippen LogP contribution in [0.4, 0.5) is 5.69 Å². The van der Waals surface area contributed by atoms with Gasteiger partial charge in [-0.1, -0.05) is 44.2 Å². The molecule has 0 aliphatic carbocycles.